The van der Waals surface area contributed by atoms with Crippen LogP contribution in [0.1, 0.15) is 36.1 Å². The third kappa shape index (κ3) is 5.13. The lowest BCUT2D eigenvalue weighted by atomic mass is 9.81. The highest BCUT2D eigenvalue weighted by Crippen LogP contribution is 2.52. The Morgan fingerprint density at radius 1 is 0.424 bits per heavy atom. The second-order valence-electron chi connectivity index (χ2n) is 16.6. The summed E-state index contributed by atoms with van der Waals surface area (Å²) in [7, 11) is 0. The normalized spacial score (nSPS) is 13.3. The molecular weight excluding hydrogens is 713 g/mol. The molecule has 10 aromatic carbocycles. The molecule has 0 saturated carbocycles. The van der Waals surface area contributed by atoms with Gasteiger partial charge in [-0.1, -0.05) is 159 Å². The molecule has 11 aromatic rings. The molecule has 0 N–H and O–H groups in total. The predicted octanol–water partition coefficient (Wildman–Crippen LogP) is 15.6. The molecule has 1 heterocycles. The molecule has 59 heavy (non-hydrogen) atoms. The van der Waals surface area contributed by atoms with E-state index in [0.29, 0.717) is 0 Å². The molecule has 0 atom stereocenters. The maximum Gasteiger partial charge on any atom is 0.0553 e. The van der Waals surface area contributed by atoms with Gasteiger partial charge in [-0.2, -0.15) is 0 Å². The van der Waals surface area contributed by atoms with Crippen molar-refractivity contribution in [3.05, 3.63) is 216 Å². The summed E-state index contributed by atoms with van der Waals surface area (Å²) in [6.07, 6.45) is 4.57. The Morgan fingerprint density at radius 2 is 1.07 bits per heavy atom. The van der Waals surface area contributed by atoms with Crippen LogP contribution in [0.5, 0.6) is 0 Å². The van der Waals surface area contributed by atoms with Crippen molar-refractivity contribution in [2.24, 2.45) is 0 Å². The fourth-order valence-electron chi connectivity index (χ4n) is 10.1. The zero-order valence-electron chi connectivity index (χ0n) is 33.0. The molecule has 0 radical (unpaired) electrons. The minimum Gasteiger partial charge on any atom is -0.310 e. The van der Waals surface area contributed by atoms with Crippen molar-refractivity contribution in [1.82, 2.24) is 4.57 Å². The fraction of sp³-hybridized carbons (Fsp3) is 0.0526. The smallest absolute Gasteiger partial charge is 0.0553 e. The zero-order valence-corrected chi connectivity index (χ0v) is 33.0. The lowest BCUT2D eigenvalue weighted by Gasteiger charge is -2.29. The summed E-state index contributed by atoms with van der Waals surface area (Å²) in [6, 6.07) is 71.5. The first-order valence-electron chi connectivity index (χ1n) is 20.6. The van der Waals surface area contributed by atoms with Crippen molar-refractivity contribution < 1.29 is 0 Å². The number of para-hydroxylation sites is 2. The molecule has 0 bridgehead atoms. The Bertz CT molecular complexity index is 3460. The quantitative estimate of drug-likeness (QED) is 0.121. The van der Waals surface area contributed by atoms with Crippen LogP contribution in [0.25, 0.3) is 83.1 Å². The van der Waals surface area contributed by atoms with Crippen LogP contribution in [0, 0.1) is 0 Å². The van der Waals surface area contributed by atoms with Crippen molar-refractivity contribution in [3.63, 3.8) is 0 Å². The standard InChI is InChI=1S/C57H40N2/c1-57(2)50-33-37(24-25-38-32-41-28-27-39-15-13-23-52-55(39)56(41)54(34-38)59(52)43-18-7-4-8-19-43)26-30-47(50)48-31-29-44(36-51(48)57)58(42-16-5-3-6-17-42)53-35-40-14-9-10-20-45(40)46-21-11-12-22-49(46)53/h3-36H,1-2H3/b25-24+. The number of aromatic nitrogens is 1. The van der Waals surface area contributed by atoms with E-state index in [2.05, 4.69) is 230 Å². The summed E-state index contributed by atoms with van der Waals surface area (Å²) >= 11 is 0. The van der Waals surface area contributed by atoms with E-state index in [1.165, 1.54) is 98.9 Å². The lowest BCUT2D eigenvalue weighted by Crippen LogP contribution is -2.17. The van der Waals surface area contributed by atoms with Gasteiger partial charge in [0.2, 0.25) is 0 Å². The third-order valence-corrected chi connectivity index (χ3v) is 12.8. The van der Waals surface area contributed by atoms with Gasteiger partial charge in [-0.3, -0.25) is 0 Å². The summed E-state index contributed by atoms with van der Waals surface area (Å²) in [5.74, 6) is 0. The molecule has 1 aliphatic carbocycles. The Labute approximate surface area is 343 Å². The molecule has 12 rings (SSSR count). The van der Waals surface area contributed by atoms with Gasteiger partial charge in [0.25, 0.3) is 0 Å². The molecule has 1 aliphatic rings. The van der Waals surface area contributed by atoms with E-state index >= 15 is 0 Å². The zero-order chi connectivity index (χ0) is 39.2. The fourth-order valence-corrected chi connectivity index (χ4v) is 10.1. The van der Waals surface area contributed by atoms with Gasteiger partial charge in [-0.25, -0.2) is 0 Å². The number of rotatable bonds is 6. The van der Waals surface area contributed by atoms with Gasteiger partial charge >= 0.3 is 0 Å². The van der Waals surface area contributed by atoms with Crippen LogP contribution in [-0.2, 0) is 5.41 Å². The second kappa shape index (κ2) is 12.8. The maximum absolute atomic E-state index is 2.44. The Kier molecular flexibility index (Phi) is 7.31. The summed E-state index contributed by atoms with van der Waals surface area (Å²) in [6.45, 7) is 4.77. The highest BCUT2D eigenvalue weighted by atomic mass is 15.1. The summed E-state index contributed by atoms with van der Waals surface area (Å²) in [4.78, 5) is 2.44. The minimum atomic E-state index is -0.194. The number of benzene rings is 10. The van der Waals surface area contributed by atoms with Gasteiger partial charge in [0.1, 0.15) is 0 Å². The summed E-state index contributed by atoms with van der Waals surface area (Å²) in [5.41, 5.74) is 14.7. The number of nitrogens with zero attached hydrogens (tertiary/aromatic N) is 2. The van der Waals surface area contributed by atoms with Crippen molar-refractivity contribution >= 4 is 83.3 Å². The maximum atomic E-state index is 2.44. The molecule has 0 saturated heterocycles. The van der Waals surface area contributed by atoms with Crippen LogP contribution >= 0.6 is 0 Å². The van der Waals surface area contributed by atoms with E-state index in [1.807, 2.05) is 0 Å². The Morgan fingerprint density at radius 3 is 1.90 bits per heavy atom. The first kappa shape index (κ1) is 33.7. The first-order valence-corrected chi connectivity index (χ1v) is 20.6. The largest absolute Gasteiger partial charge is 0.310 e. The molecule has 0 fully saturated rings. The number of hydrogen-bond donors (Lipinski definition) is 0. The Hall–Kier alpha value is -7.42. The summed E-state index contributed by atoms with van der Waals surface area (Å²) in [5, 5.41) is 10.2. The van der Waals surface area contributed by atoms with E-state index in [-0.39, 0.29) is 5.41 Å². The predicted molar refractivity (Wildman–Crippen MR) is 252 cm³/mol. The SMILES string of the molecule is CC1(C)c2cc(/C=C/c3cc4ccc5cccc6c5c4c(c3)n6-c3ccccc3)ccc2-c2ccc(N(c3ccccc3)c3cc4ccccc4c4ccccc34)cc21. The molecule has 0 aliphatic heterocycles. The van der Waals surface area contributed by atoms with Gasteiger partial charge < -0.3 is 9.47 Å². The monoisotopic (exact) mass is 752 g/mol. The van der Waals surface area contributed by atoms with Crippen LogP contribution in [-0.4, -0.2) is 4.57 Å². The molecule has 1 aromatic heterocycles. The van der Waals surface area contributed by atoms with Gasteiger partial charge in [0.15, 0.2) is 0 Å². The number of fused-ring (bicyclic) bond motifs is 6. The first-order chi connectivity index (χ1) is 29.0. The minimum absolute atomic E-state index is 0.194. The van der Waals surface area contributed by atoms with Crippen molar-refractivity contribution in [2.75, 3.05) is 4.90 Å². The van der Waals surface area contributed by atoms with Crippen molar-refractivity contribution in [1.29, 1.82) is 0 Å². The van der Waals surface area contributed by atoms with Gasteiger partial charge in [-0.15, -0.1) is 0 Å². The van der Waals surface area contributed by atoms with Crippen molar-refractivity contribution in [3.8, 4) is 16.8 Å². The van der Waals surface area contributed by atoms with E-state index in [0.717, 1.165) is 11.4 Å². The van der Waals surface area contributed by atoms with Gasteiger partial charge in [0, 0.05) is 38.6 Å². The molecule has 0 amide bonds. The van der Waals surface area contributed by atoms with E-state index in [9.17, 15) is 0 Å². The topological polar surface area (TPSA) is 8.17 Å². The van der Waals surface area contributed by atoms with E-state index in [1.54, 1.807) is 0 Å². The van der Waals surface area contributed by atoms with Gasteiger partial charge in [0.05, 0.1) is 16.7 Å². The molecule has 2 heteroatoms. The Balaban J connectivity index is 0.945. The number of anilines is 3. The average Bonchev–Trinajstić information content (AvgIpc) is 3.74. The van der Waals surface area contributed by atoms with Crippen LogP contribution < -0.4 is 4.90 Å². The molecule has 0 spiro atoms. The van der Waals surface area contributed by atoms with E-state index in [4.69, 9.17) is 0 Å². The van der Waals surface area contributed by atoms with Crippen LogP contribution in [0.4, 0.5) is 17.1 Å². The van der Waals surface area contributed by atoms with Crippen LogP contribution in [0.3, 0.4) is 0 Å². The second-order valence-corrected chi connectivity index (χ2v) is 16.6. The van der Waals surface area contributed by atoms with E-state index < -0.39 is 0 Å². The molecule has 0 unspecified atom stereocenters. The highest BCUT2D eigenvalue weighted by Gasteiger charge is 2.36. The molecule has 2 nitrogen and oxygen atoms in total. The average molecular weight is 753 g/mol. The molecular formula is C57H40N2. The third-order valence-electron chi connectivity index (χ3n) is 12.8. The van der Waals surface area contributed by atoms with Gasteiger partial charge in [-0.05, 0) is 121 Å². The molecule has 278 valence electrons. The lowest BCUT2D eigenvalue weighted by molar-refractivity contribution is 0.660. The highest BCUT2D eigenvalue weighted by molar-refractivity contribution is 6.24. The van der Waals surface area contributed by atoms with Crippen LogP contribution in [0.2, 0.25) is 0 Å². The number of hydrogen-bond acceptors (Lipinski definition) is 1. The van der Waals surface area contributed by atoms with Crippen LogP contribution in [0.15, 0.2) is 194 Å². The summed E-state index contributed by atoms with van der Waals surface area (Å²) < 4.78 is 2.42. The van der Waals surface area contributed by atoms with Crippen molar-refractivity contribution in [2.45, 2.75) is 19.3 Å².